The van der Waals surface area contributed by atoms with E-state index in [9.17, 15) is 0 Å². The van der Waals surface area contributed by atoms with Crippen LogP contribution < -0.4 is 0 Å². The lowest BCUT2D eigenvalue weighted by atomic mass is 10.2. The molecule has 0 fully saturated rings. The van der Waals surface area contributed by atoms with Crippen molar-refractivity contribution in [1.82, 2.24) is 0 Å². The van der Waals surface area contributed by atoms with Gasteiger partial charge in [0.15, 0.2) is 0 Å². The molecule has 0 amide bonds. The Balaban J connectivity index is 1.97. The molecule has 0 saturated carbocycles. The molecule has 0 aliphatic heterocycles. The average molecular weight is 324 g/mol. The van der Waals surface area contributed by atoms with Gasteiger partial charge in [-0.05, 0) is 52.4 Å². The van der Waals surface area contributed by atoms with Gasteiger partial charge >= 0.3 is 0 Å². The van der Waals surface area contributed by atoms with E-state index in [-0.39, 0.29) is 0 Å². The minimum atomic E-state index is 0.694. The molecule has 4 heteroatoms. The normalized spacial score (nSPS) is 11.6. The summed E-state index contributed by atoms with van der Waals surface area (Å²) in [6, 6.07) is 11.7. The van der Waals surface area contributed by atoms with E-state index in [1.54, 1.807) is 18.7 Å². The highest BCUT2D eigenvalue weighted by Crippen LogP contribution is 2.04. The summed E-state index contributed by atoms with van der Waals surface area (Å²) >= 11 is 2.26. The van der Waals surface area contributed by atoms with Crippen LogP contribution in [-0.2, 0) is 0 Å². The highest BCUT2D eigenvalue weighted by atomic mass is 127. The molecule has 0 N–H and O–H groups in total. The Hall–Kier alpha value is -1.43. The Bertz CT molecular complexity index is 486. The van der Waals surface area contributed by atoms with Crippen LogP contribution in [0.15, 0.2) is 57.3 Å². The maximum absolute atomic E-state index is 5.08. The molecule has 1 aromatic carbocycles. The van der Waals surface area contributed by atoms with E-state index in [2.05, 4.69) is 32.8 Å². The lowest BCUT2D eigenvalue weighted by Crippen LogP contribution is -1.80. The molecule has 0 unspecified atom stereocenters. The van der Waals surface area contributed by atoms with Gasteiger partial charge in [-0.25, -0.2) is 0 Å². The number of hydrogen-bond donors (Lipinski definition) is 0. The van der Waals surface area contributed by atoms with Crippen molar-refractivity contribution >= 4 is 35.0 Å². The number of hydrogen-bond acceptors (Lipinski definition) is 3. The second-order valence-corrected chi connectivity index (χ2v) is 4.30. The van der Waals surface area contributed by atoms with Crippen molar-refractivity contribution < 1.29 is 4.42 Å². The van der Waals surface area contributed by atoms with Crippen molar-refractivity contribution in [2.24, 2.45) is 10.2 Å². The van der Waals surface area contributed by atoms with Gasteiger partial charge in [-0.2, -0.15) is 10.2 Å². The summed E-state index contributed by atoms with van der Waals surface area (Å²) in [7, 11) is 0. The fourth-order valence-electron chi connectivity index (χ4n) is 1.10. The van der Waals surface area contributed by atoms with Gasteiger partial charge in [-0.3, -0.25) is 0 Å². The lowest BCUT2D eigenvalue weighted by molar-refractivity contribution is 0.560. The molecule has 80 valence electrons. The van der Waals surface area contributed by atoms with E-state index in [0.29, 0.717) is 5.76 Å². The van der Waals surface area contributed by atoms with Crippen LogP contribution in [0.5, 0.6) is 0 Å². The largest absolute Gasteiger partial charge is 0.463 e. The number of rotatable bonds is 3. The first-order valence-corrected chi connectivity index (χ1v) is 5.78. The van der Waals surface area contributed by atoms with Crippen LogP contribution >= 0.6 is 22.6 Å². The first kappa shape index (κ1) is 11.1. The molecule has 0 bridgehead atoms. The Morgan fingerprint density at radius 1 is 1.00 bits per heavy atom. The first-order chi connectivity index (χ1) is 7.84. The zero-order chi connectivity index (χ0) is 11.2. The number of halogens is 1. The van der Waals surface area contributed by atoms with Crippen LogP contribution in [0.2, 0.25) is 0 Å². The van der Waals surface area contributed by atoms with E-state index in [1.807, 2.05) is 36.4 Å². The molecular weight excluding hydrogens is 315 g/mol. The summed E-state index contributed by atoms with van der Waals surface area (Å²) in [4.78, 5) is 0. The predicted molar refractivity (Wildman–Crippen MR) is 73.1 cm³/mol. The van der Waals surface area contributed by atoms with Gasteiger partial charge in [0, 0.05) is 3.57 Å². The smallest absolute Gasteiger partial charge is 0.146 e. The Morgan fingerprint density at radius 3 is 2.44 bits per heavy atom. The fraction of sp³-hybridized carbons (Fsp3) is 0. The lowest BCUT2D eigenvalue weighted by Gasteiger charge is -1.90. The molecule has 0 atom stereocenters. The van der Waals surface area contributed by atoms with Crippen LogP contribution in [0.1, 0.15) is 11.3 Å². The molecule has 2 aromatic rings. The zero-order valence-electron chi connectivity index (χ0n) is 8.38. The van der Waals surface area contributed by atoms with E-state index in [0.717, 1.165) is 5.56 Å². The molecule has 1 heterocycles. The summed E-state index contributed by atoms with van der Waals surface area (Å²) in [6.07, 6.45) is 4.88. The van der Waals surface area contributed by atoms with Crippen molar-refractivity contribution in [3.8, 4) is 0 Å². The highest BCUT2D eigenvalue weighted by molar-refractivity contribution is 14.1. The molecule has 0 spiro atoms. The monoisotopic (exact) mass is 324 g/mol. The predicted octanol–water partition coefficient (Wildman–Crippen LogP) is 3.34. The Morgan fingerprint density at radius 2 is 1.75 bits per heavy atom. The Kier molecular flexibility index (Phi) is 3.87. The van der Waals surface area contributed by atoms with E-state index in [4.69, 9.17) is 4.42 Å². The molecule has 2 rings (SSSR count). The topological polar surface area (TPSA) is 37.9 Å². The molecule has 3 nitrogen and oxygen atoms in total. The summed E-state index contributed by atoms with van der Waals surface area (Å²) in [5.74, 6) is 0.694. The molecule has 0 aliphatic rings. The first-order valence-electron chi connectivity index (χ1n) is 4.70. The average Bonchev–Trinajstić information content (AvgIpc) is 2.80. The van der Waals surface area contributed by atoms with Crippen molar-refractivity contribution in [2.45, 2.75) is 0 Å². The third-order valence-corrected chi connectivity index (χ3v) is 2.59. The van der Waals surface area contributed by atoms with Gasteiger partial charge < -0.3 is 4.42 Å². The van der Waals surface area contributed by atoms with Gasteiger partial charge in [0.25, 0.3) is 0 Å². The molecule has 0 saturated heterocycles. The summed E-state index contributed by atoms with van der Waals surface area (Å²) in [5, 5.41) is 7.81. The van der Waals surface area contributed by atoms with Gasteiger partial charge in [-0.15, -0.1) is 0 Å². The molecule has 16 heavy (non-hydrogen) atoms. The molecule has 0 aliphatic carbocycles. The third-order valence-electron chi connectivity index (χ3n) is 1.87. The highest BCUT2D eigenvalue weighted by Gasteiger charge is 1.88. The van der Waals surface area contributed by atoms with E-state index < -0.39 is 0 Å². The van der Waals surface area contributed by atoms with Crippen LogP contribution in [0.25, 0.3) is 0 Å². The van der Waals surface area contributed by atoms with Crippen molar-refractivity contribution in [3.63, 3.8) is 0 Å². The molecular formula is C12H9IN2O. The number of nitrogens with zero attached hydrogens (tertiary/aromatic N) is 2. The second kappa shape index (κ2) is 5.60. The minimum Gasteiger partial charge on any atom is -0.463 e. The van der Waals surface area contributed by atoms with Crippen LogP contribution in [0, 0.1) is 3.57 Å². The maximum Gasteiger partial charge on any atom is 0.146 e. The van der Waals surface area contributed by atoms with Gasteiger partial charge in [0.2, 0.25) is 0 Å². The number of furan rings is 1. The number of benzene rings is 1. The standard InChI is InChI=1S/C12H9IN2O/c13-11-5-3-10(4-6-11)8-14-15-9-12-2-1-7-16-12/h1-9H/b14-8+,15-9+. The summed E-state index contributed by atoms with van der Waals surface area (Å²) < 4.78 is 6.28. The van der Waals surface area contributed by atoms with Crippen molar-refractivity contribution in [2.75, 3.05) is 0 Å². The van der Waals surface area contributed by atoms with E-state index >= 15 is 0 Å². The SMILES string of the molecule is Ic1ccc(/C=N/N=C/c2ccco2)cc1. The van der Waals surface area contributed by atoms with Gasteiger partial charge in [0.1, 0.15) is 5.76 Å². The van der Waals surface area contributed by atoms with Crippen LogP contribution in [-0.4, -0.2) is 12.4 Å². The van der Waals surface area contributed by atoms with E-state index in [1.165, 1.54) is 3.57 Å². The summed E-state index contributed by atoms with van der Waals surface area (Å²) in [6.45, 7) is 0. The summed E-state index contributed by atoms with van der Waals surface area (Å²) in [5.41, 5.74) is 1.03. The fourth-order valence-corrected chi connectivity index (χ4v) is 1.46. The van der Waals surface area contributed by atoms with Crippen molar-refractivity contribution in [3.05, 3.63) is 57.6 Å². The molecule has 1 aromatic heterocycles. The van der Waals surface area contributed by atoms with Crippen molar-refractivity contribution in [1.29, 1.82) is 0 Å². The van der Waals surface area contributed by atoms with Crippen LogP contribution in [0.3, 0.4) is 0 Å². The third kappa shape index (κ3) is 3.30. The minimum absolute atomic E-state index is 0.694. The zero-order valence-corrected chi connectivity index (χ0v) is 10.5. The maximum atomic E-state index is 5.08. The molecule has 0 radical (unpaired) electrons. The second-order valence-electron chi connectivity index (χ2n) is 3.06. The van der Waals surface area contributed by atoms with Gasteiger partial charge in [0.05, 0.1) is 18.7 Å². The quantitative estimate of drug-likeness (QED) is 0.485. The van der Waals surface area contributed by atoms with Gasteiger partial charge in [-0.1, -0.05) is 12.1 Å². The van der Waals surface area contributed by atoms with Crippen LogP contribution in [0.4, 0.5) is 0 Å². The Labute approximate surface area is 107 Å².